The second kappa shape index (κ2) is 8.42. The number of nitrogens with two attached hydrogens (primary N) is 1. The molecule has 10 heteroatoms. The number of fused-ring (bicyclic) bond motifs is 3. The Bertz CT molecular complexity index is 1090. The van der Waals surface area contributed by atoms with Gasteiger partial charge in [0.25, 0.3) is 5.56 Å². The van der Waals surface area contributed by atoms with Crippen LogP contribution in [0.25, 0.3) is 16.7 Å². The molecule has 3 aromatic rings. The largest absolute Gasteiger partial charge is 0.369 e. The first-order chi connectivity index (χ1) is 13.4. The molecule has 0 fully saturated rings. The summed E-state index contributed by atoms with van der Waals surface area (Å²) in [5, 5.41) is 12.1. The molecule has 0 bridgehead atoms. The quantitative estimate of drug-likeness (QED) is 0.540. The highest BCUT2D eigenvalue weighted by molar-refractivity contribution is 7.99. The van der Waals surface area contributed by atoms with E-state index < -0.39 is 5.91 Å². The monoisotopic (exact) mass is 402 g/mol. The van der Waals surface area contributed by atoms with E-state index in [9.17, 15) is 14.4 Å². The van der Waals surface area contributed by atoms with E-state index in [1.807, 2.05) is 19.9 Å². The zero-order chi connectivity index (χ0) is 20.3. The predicted octanol–water partition coefficient (Wildman–Crippen LogP) is 0.926. The second-order valence-corrected chi connectivity index (χ2v) is 7.42. The van der Waals surface area contributed by atoms with E-state index >= 15 is 0 Å². The van der Waals surface area contributed by atoms with Crippen LogP contribution in [-0.4, -0.2) is 42.8 Å². The average Bonchev–Trinajstić information content (AvgIpc) is 3.10. The van der Waals surface area contributed by atoms with Crippen LogP contribution in [0.2, 0.25) is 0 Å². The van der Waals surface area contributed by atoms with E-state index in [1.54, 1.807) is 22.6 Å². The Labute approximate surface area is 165 Å². The number of amides is 2. The predicted molar refractivity (Wildman–Crippen MR) is 107 cm³/mol. The van der Waals surface area contributed by atoms with Gasteiger partial charge in [-0.15, -0.1) is 10.2 Å². The summed E-state index contributed by atoms with van der Waals surface area (Å²) < 4.78 is 3.16. The molecule has 28 heavy (non-hydrogen) atoms. The molecule has 2 aromatic heterocycles. The third-order valence-corrected chi connectivity index (χ3v) is 5.36. The number of hydrogen-bond donors (Lipinski definition) is 2. The topological polar surface area (TPSA) is 124 Å². The fraction of sp³-hybridized carbons (Fsp3) is 0.389. The van der Waals surface area contributed by atoms with E-state index in [1.165, 1.54) is 4.57 Å². The highest BCUT2D eigenvalue weighted by Gasteiger charge is 2.18. The molecular formula is C18H22N6O3S. The van der Waals surface area contributed by atoms with Crippen LogP contribution in [0.5, 0.6) is 0 Å². The van der Waals surface area contributed by atoms with Crippen molar-refractivity contribution in [1.29, 1.82) is 0 Å². The Morgan fingerprint density at radius 3 is 2.75 bits per heavy atom. The number of benzene rings is 1. The van der Waals surface area contributed by atoms with Crippen LogP contribution >= 0.6 is 11.8 Å². The van der Waals surface area contributed by atoms with Crippen molar-refractivity contribution in [3.63, 3.8) is 0 Å². The van der Waals surface area contributed by atoms with Crippen molar-refractivity contribution in [2.45, 2.75) is 44.4 Å². The van der Waals surface area contributed by atoms with Gasteiger partial charge >= 0.3 is 0 Å². The van der Waals surface area contributed by atoms with Gasteiger partial charge in [-0.1, -0.05) is 30.8 Å². The number of nitrogens with zero attached hydrogens (tertiary/aromatic N) is 4. The molecule has 0 aliphatic carbocycles. The number of primary amides is 1. The molecule has 0 saturated heterocycles. The second-order valence-electron chi connectivity index (χ2n) is 6.47. The highest BCUT2D eigenvalue weighted by atomic mass is 32.2. The molecule has 9 nitrogen and oxygen atoms in total. The van der Waals surface area contributed by atoms with Gasteiger partial charge in [0.2, 0.25) is 17.6 Å². The molecule has 0 unspecified atom stereocenters. The maximum atomic E-state index is 13.0. The van der Waals surface area contributed by atoms with Gasteiger partial charge in [-0.2, -0.15) is 0 Å². The van der Waals surface area contributed by atoms with Crippen LogP contribution in [0, 0.1) is 0 Å². The fourth-order valence-corrected chi connectivity index (χ4v) is 3.51. The number of nitrogens with one attached hydrogen (secondary N) is 1. The van der Waals surface area contributed by atoms with Crippen LogP contribution in [-0.2, 0) is 16.1 Å². The van der Waals surface area contributed by atoms with E-state index in [0.717, 1.165) is 18.2 Å². The zero-order valence-corrected chi connectivity index (χ0v) is 16.5. The maximum Gasteiger partial charge on any atom is 0.262 e. The van der Waals surface area contributed by atoms with Crippen molar-refractivity contribution in [2.75, 3.05) is 5.75 Å². The maximum absolute atomic E-state index is 13.0. The van der Waals surface area contributed by atoms with Gasteiger partial charge in [-0.05, 0) is 25.5 Å². The molecule has 0 aliphatic heterocycles. The van der Waals surface area contributed by atoms with Gasteiger partial charge in [0.05, 0.1) is 16.7 Å². The molecule has 2 heterocycles. The lowest BCUT2D eigenvalue weighted by molar-refractivity contribution is -0.122. The molecule has 148 valence electrons. The summed E-state index contributed by atoms with van der Waals surface area (Å²) >= 11 is 1.15. The van der Waals surface area contributed by atoms with Gasteiger partial charge in [0, 0.05) is 19.0 Å². The number of hydrogen-bond acceptors (Lipinski definition) is 6. The summed E-state index contributed by atoms with van der Waals surface area (Å²) in [6.45, 7) is 4.09. The Balaban J connectivity index is 2.04. The average molecular weight is 402 g/mol. The van der Waals surface area contributed by atoms with Gasteiger partial charge in [0.15, 0.2) is 5.16 Å². The van der Waals surface area contributed by atoms with Crippen LogP contribution in [0.1, 0.15) is 26.7 Å². The van der Waals surface area contributed by atoms with Crippen molar-refractivity contribution in [3.8, 4) is 0 Å². The molecule has 2 amide bonds. The number of rotatable bonds is 8. The highest BCUT2D eigenvalue weighted by Crippen LogP contribution is 2.21. The summed E-state index contributed by atoms with van der Waals surface area (Å²) in [6.07, 6.45) is 0.978. The minimum atomic E-state index is -0.471. The van der Waals surface area contributed by atoms with Gasteiger partial charge in [-0.3, -0.25) is 23.4 Å². The molecular weight excluding hydrogens is 380 g/mol. The molecule has 1 aromatic carbocycles. The first-order valence-electron chi connectivity index (χ1n) is 8.99. The van der Waals surface area contributed by atoms with Crippen molar-refractivity contribution in [2.24, 2.45) is 5.73 Å². The van der Waals surface area contributed by atoms with Crippen LogP contribution in [0.3, 0.4) is 0 Å². The Hall–Kier alpha value is -2.88. The third-order valence-electron chi connectivity index (χ3n) is 4.40. The lowest BCUT2D eigenvalue weighted by atomic mass is 10.2. The molecule has 0 saturated carbocycles. The van der Waals surface area contributed by atoms with Crippen molar-refractivity contribution < 1.29 is 9.59 Å². The van der Waals surface area contributed by atoms with Gasteiger partial charge < -0.3 is 11.1 Å². The molecule has 1 atom stereocenters. The number of aromatic nitrogens is 4. The number of carbonyl (C=O) groups is 2. The van der Waals surface area contributed by atoms with Crippen molar-refractivity contribution in [1.82, 2.24) is 24.5 Å². The number of thioether (sulfide) groups is 1. The summed E-state index contributed by atoms with van der Waals surface area (Å²) in [4.78, 5) is 36.3. The lowest BCUT2D eigenvalue weighted by Gasteiger charge is -2.13. The van der Waals surface area contributed by atoms with E-state index in [2.05, 4.69) is 15.5 Å². The normalized spacial score (nSPS) is 12.4. The fourth-order valence-electron chi connectivity index (χ4n) is 2.83. The first kappa shape index (κ1) is 19.9. The van der Waals surface area contributed by atoms with Crippen LogP contribution in [0.15, 0.2) is 34.2 Å². The Kier molecular flexibility index (Phi) is 5.98. The minimum absolute atomic E-state index is 0.0472. The molecule has 3 rings (SSSR count). The lowest BCUT2D eigenvalue weighted by Crippen LogP contribution is -2.33. The Morgan fingerprint density at radius 1 is 1.29 bits per heavy atom. The van der Waals surface area contributed by atoms with E-state index in [-0.39, 0.29) is 36.2 Å². The Morgan fingerprint density at radius 2 is 2.04 bits per heavy atom. The van der Waals surface area contributed by atoms with Gasteiger partial charge in [0.1, 0.15) is 0 Å². The minimum Gasteiger partial charge on any atom is -0.369 e. The number of carbonyl (C=O) groups excluding carboxylic acids is 2. The first-order valence-corrected chi connectivity index (χ1v) is 9.98. The number of aryl methyl sites for hydroxylation is 1. The van der Waals surface area contributed by atoms with E-state index in [4.69, 9.17) is 5.73 Å². The van der Waals surface area contributed by atoms with Crippen LogP contribution < -0.4 is 16.6 Å². The summed E-state index contributed by atoms with van der Waals surface area (Å²) in [5.74, 6) is -0.227. The standard InChI is InChI=1S/C18H22N6O3S/c1-3-11(2)20-15(26)8-9-23-16(27)12-6-4-5-7-13(12)24-17(23)21-22-18(24)28-10-14(19)25/h4-7,11H,3,8-10H2,1-2H3,(H2,19,25)(H,20,26)/t11-/m1/s1. The van der Waals surface area contributed by atoms with E-state index in [0.29, 0.717) is 21.8 Å². The summed E-state index contributed by atoms with van der Waals surface area (Å²) in [6, 6.07) is 7.17. The number of para-hydroxylation sites is 1. The van der Waals surface area contributed by atoms with Crippen LogP contribution in [0.4, 0.5) is 0 Å². The zero-order valence-electron chi connectivity index (χ0n) is 15.7. The van der Waals surface area contributed by atoms with Crippen molar-refractivity contribution >= 4 is 40.3 Å². The SMILES string of the molecule is CC[C@@H](C)NC(=O)CCn1c(=O)c2ccccc2n2c(SCC(N)=O)nnc12. The summed E-state index contributed by atoms with van der Waals surface area (Å²) in [5.41, 5.74) is 5.64. The third kappa shape index (κ3) is 4.01. The molecule has 0 radical (unpaired) electrons. The molecule has 0 aliphatic rings. The van der Waals surface area contributed by atoms with Gasteiger partial charge in [-0.25, -0.2) is 0 Å². The van der Waals surface area contributed by atoms with Crippen molar-refractivity contribution in [3.05, 3.63) is 34.6 Å². The smallest absolute Gasteiger partial charge is 0.262 e. The molecule has 0 spiro atoms. The summed E-state index contributed by atoms with van der Waals surface area (Å²) in [7, 11) is 0. The molecule has 3 N–H and O–H groups in total.